The number of para-hydroxylation sites is 1. The van der Waals surface area contributed by atoms with Crippen LogP contribution in [0.1, 0.15) is 0 Å². The normalized spacial score (nSPS) is 13.2. The standard InChI is InChI=1S/C17H19N11O5S2/c18-9(15(19)29)6-22-35(32,33)11-5-4-7(8-2-1-3-10-13(8)24-17(20)23-10)12(14(11)34(21,30)31)16-25-27-28-26-16/h1-5,9,22H,6,18H2,(H2,19,29)(H3,20,23,24)(H2,21,30,31)(H,25,26,27,28). The molecular weight excluding hydrogens is 502 g/mol. The van der Waals surface area contributed by atoms with Crippen molar-refractivity contribution >= 4 is 42.9 Å². The van der Waals surface area contributed by atoms with E-state index >= 15 is 0 Å². The molecule has 2 heterocycles. The third-order valence-electron chi connectivity index (χ3n) is 4.94. The van der Waals surface area contributed by atoms with E-state index in [1.807, 2.05) is 0 Å². The van der Waals surface area contributed by atoms with Crippen molar-refractivity contribution in [3.8, 4) is 22.5 Å². The van der Waals surface area contributed by atoms with Gasteiger partial charge < -0.3 is 22.2 Å². The lowest BCUT2D eigenvalue weighted by Crippen LogP contribution is -2.45. The van der Waals surface area contributed by atoms with E-state index in [0.29, 0.717) is 16.6 Å². The molecule has 16 nitrogen and oxygen atoms in total. The maximum Gasteiger partial charge on any atom is 0.242 e. The van der Waals surface area contributed by atoms with Crippen LogP contribution in [0.2, 0.25) is 0 Å². The van der Waals surface area contributed by atoms with E-state index in [1.54, 1.807) is 18.2 Å². The fourth-order valence-corrected chi connectivity index (χ4v) is 6.08. The zero-order chi connectivity index (χ0) is 25.5. The van der Waals surface area contributed by atoms with Crippen LogP contribution in [0.15, 0.2) is 40.1 Å². The summed E-state index contributed by atoms with van der Waals surface area (Å²) in [6, 6.07) is 5.98. The third-order valence-corrected chi connectivity index (χ3v) is 7.53. The van der Waals surface area contributed by atoms with E-state index in [2.05, 4.69) is 35.3 Å². The van der Waals surface area contributed by atoms with Crippen LogP contribution in [-0.4, -0.2) is 65.9 Å². The molecule has 1 unspecified atom stereocenters. The van der Waals surface area contributed by atoms with Crippen LogP contribution in [-0.2, 0) is 24.8 Å². The second kappa shape index (κ2) is 8.67. The van der Waals surface area contributed by atoms with Gasteiger partial charge in [0.15, 0.2) is 5.95 Å². The van der Waals surface area contributed by atoms with Crippen LogP contribution in [0.3, 0.4) is 0 Å². The number of hydrogen-bond donors (Lipinski definition) is 7. The molecule has 0 aliphatic rings. The maximum absolute atomic E-state index is 13.1. The van der Waals surface area contributed by atoms with Crippen molar-refractivity contribution in [1.29, 1.82) is 0 Å². The fraction of sp³-hybridized carbons (Fsp3) is 0.118. The molecule has 2 aromatic heterocycles. The molecule has 0 aliphatic heterocycles. The second-order valence-corrected chi connectivity index (χ2v) is 10.5. The number of aromatic amines is 2. The van der Waals surface area contributed by atoms with E-state index in [1.165, 1.54) is 6.07 Å². The minimum absolute atomic E-state index is 0.106. The van der Waals surface area contributed by atoms with Crippen LogP contribution in [0.4, 0.5) is 5.95 Å². The van der Waals surface area contributed by atoms with Crippen molar-refractivity contribution < 1.29 is 21.6 Å². The Morgan fingerprint density at radius 1 is 1.11 bits per heavy atom. The van der Waals surface area contributed by atoms with Gasteiger partial charge in [-0.3, -0.25) is 4.79 Å². The predicted molar refractivity (Wildman–Crippen MR) is 123 cm³/mol. The number of H-pyrrole nitrogens is 2. The summed E-state index contributed by atoms with van der Waals surface area (Å²) in [6.45, 7) is -0.590. The average molecular weight is 522 g/mol. The number of fused-ring (bicyclic) bond motifs is 1. The molecule has 184 valence electrons. The molecule has 0 fully saturated rings. The quantitative estimate of drug-likeness (QED) is 0.130. The molecule has 4 aromatic rings. The van der Waals surface area contributed by atoms with Gasteiger partial charge >= 0.3 is 0 Å². The minimum Gasteiger partial charge on any atom is -0.369 e. The summed E-state index contributed by atoms with van der Waals surface area (Å²) in [4.78, 5) is 16.8. The molecule has 0 saturated carbocycles. The van der Waals surface area contributed by atoms with Crippen molar-refractivity contribution in [1.82, 2.24) is 35.3 Å². The number of carbonyl (C=O) groups excluding carboxylic acids is 1. The molecule has 18 heteroatoms. The van der Waals surface area contributed by atoms with E-state index in [-0.39, 0.29) is 22.9 Å². The number of aromatic nitrogens is 6. The van der Waals surface area contributed by atoms with Gasteiger partial charge in [-0.1, -0.05) is 18.2 Å². The van der Waals surface area contributed by atoms with Crippen molar-refractivity contribution in [3.63, 3.8) is 0 Å². The molecule has 1 atom stereocenters. The Kier molecular flexibility index (Phi) is 5.99. The van der Waals surface area contributed by atoms with Gasteiger partial charge in [0.2, 0.25) is 31.8 Å². The Morgan fingerprint density at radius 2 is 1.86 bits per heavy atom. The van der Waals surface area contributed by atoms with E-state index in [4.69, 9.17) is 22.3 Å². The minimum atomic E-state index is -4.72. The Morgan fingerprint density at radius 3 is 2.49 bits per heavy atom. The Hall–Kier alpha value is -3.97. The number of amides is 1. The van der Waals surface area contributed by atoms with Gasteiger partial charge in [-0.2, -0.15) is 5.21 Å². The number of rotatable bonds is 8. The molecule has 0 saturated heterocycles. The molecule has 4 rings (SSSR count). The maximum atomic E-state index is 13.1. The molecule has 35 heavy (non-hydrogen) atoms. The summed E-state index contributed by atoms with van der Waals surface area (Å²) < 4.78 is 53.8. The molecular formula is C17H19N11O5S2. The lowest BCUT2D eigenvalue weighted by molar-refractivity contribution is -0.119. The number of primary sulfonamides is 1. The highest BCUT2D eigenvalue weighted by molar-refractivity contribution is 7.92. The number of carbonyl (C=O) groups is 1. The second-order valence-electron chi connectivity index (χ2n) is 7.28. The first-order valence-electron chi connectivity index (χ1n) is 9.63. The van der Waals surface area contributed by atoms with Crippen molar-refractivity contribution in [2.45, 2.75) is 15.8 Å². The third kappa shape index (κ3) is 4.55. The van der Waals surface area contributed by atoms with Crippen LogP contribution in [0, 0.1) is 0 Å². The number of nitrogens with two attached hydrogens (primary N) is 4. The molecule has 2 aromatic carbocycles. The molecule has 1 amide bonds. The number of benzene rings is 2. The topological polar surface area (TPSA) is 285 Å². The number of primary amides is 1. The number of anilines is 1. The fourth-order valence-electron chi connectivity index (χ4n) is 3.42. The molecule has 0 radical (unpaired) electrons. The summed E-state index contributed by atoms with van der Waals surface area (Å²) in [5, 5.41) is 18.8. The largest absolute Gasteiger partial charge is 0.369 e. The van der Waals surface area contributed by atoms with Crippen LogP contribution in [0.5, 0.6) is 0 Å². The number of nitrogen functional groups attached to an aromatic ring is 1. The Balaban J connectivity index is 2.04. The van der Waals surface area contributed by atoms with Gasteiger partial charge in [-0.25, -0.2) is 31.7 Å². The predicted octanol–water partition coefficient (Wildman–Crippen LogP) is -2.27. The van der Waals surface area contributed by atoms with Crippen molar-refractivity contribution in [2.24, 2.45) is 16.6 Å². The SMILES string of the molecule is NC(=O)C(N)CNS(=O)(=O)c1ccc(-c2cccc3[nH]c(N)nc23)c(-c2nn[nH]n2)c1S(N)(=O)=O. The number of tetrazole rings is 1. The lowest BCUT2D eigenvalue weighted by atomic mass is 9.98. The first kappa shape index (κ1) is 24.2. The molecule has 0 bridgehead atoms. The highest BCUT2D eigenvalue weighted by Crippen LogP contribution is 2.40. The first-order chi connectivity index (χ1) is 16.4. The van der Waals surface area contributed by atoms with Gasteiger partial charge in [0.1, 0.15) is 9.79 Å². The van der Waals surface area contributed by atoms with Gasteiger partial charge in [-0.05, 0) is 22.9 Å². The zero-order valence-electron chi connectivity index (χ0n) is 17.6. The van der Waals surface area contributed by atoms with Crippen molar-refractivity contribution in [2.75, 3.05) is 12.3 Å². The van der Waals surface area contributed by atoms with E-state index in [0.717, 1.165) is 6.07 Å². The summed E-state index contributed by atoms with van der Waals surface area (Å²) in [6.07, 6.45) is 0. The smallest absolute Gasteiger partial charge is 0.242 e. The van der Waals surface area contributed by atoms with Crippen LogP contribution < -0.4 is 27.1 Å². The van der Waals surface area contributed by atoms with E-state index < -0.39 is 48.3 Å². The number of imidazole rings is 1. The van der Waals surface area contributed by atoms with E-state index in [9.17, 15) is 21.6 Å². The monoisotopic (exact) mass is 521 g/mol. The van der Waals surface area contributed by atoms with Gasteiger partial charge in [-0.15, -0.1) is 10.2 Å². The molecule has 0 spiro atoms. The zero-order valence-corrected chi connectivity index (χ0v) is 19.3. The van der Waals surface area contributed by atoms with Gasteiger partial charge in [0.25, 0.3) is 0 Å². The van der Waals surface area contributed by atoms with Crippen molar-refractivity contribution in [3.05, 3.63) is 30.3 Å². The van der Waals surface area contributed by atoms with Gasteiger partial charge in [0, 0.05) is 12.1 Å². The Bertz CT molecular complexity index is 1650. The molecule has 0 aliphatic carbocycles. The number of nitrogens with one attached hydrogen (secondary N) is 3. The highest BCUT2D eigenvalue weighted by atomic mass is 32.2. The molecule has 11 N–H and O–H groups in total. The number of nitrogens with zero attached hydrogens (tertiary/aromatic N) is 4. The summed E-state index contributed by atoms with van der Waals surface area (Å²) >= 11 is 0. The summed E-state index contributed by atoms with van der Waals surface area (Å²) in [5.41, 5.74) is 17.6. The highest BCUT2D eigenvalue weighted by Gasteiger charge is 2.33. The summed E-state index contributed by atoms with van der Waals surface area (Å²) in [7, 11) is -9.30. The van der Waals surface area contributed by atoms with Crippen LogP contribution in [0.25, 0.3) is 33.5 Å². The number of hydrogen-bond acceptors (Lipinski definition) is 11. The summed E-state index contributed by atoms with van der Waals surface area (Å²) in [5.74, 6) is -1.11. The first-order valence-corrected chi connectivity index (χ1v) is 12.7. The van der Waals surface area contributed by atoms with Gasteiger partial charge in [0.05, 0.1) is 22.6 Å². The van der Waals surface area contributed by atoms with Crippen LogP contribution >= 0.6 is 0 Å². The Labute approximate surface area is 197 Å². The lowest BCUT2D eigenvalue weighted by Gasteiger charge is -2.17. The average Bonchev–Trinajstić information content (AvgIpc) is 3.44. The number of sulfonamides is 2.